The minimum absolute atomic E-state index is 0.628. The molecule has 1 aromatic rings. The van der Waals surface area contributed by atoms with Gasteiger partial charge in [-0.05, 0) is 13.3 Å². The third kappa shape index (κ3) is 4.94. The van der Waals surface area contributed by atoms with E-state index in [2.05, 4.69) is 33.9 Å². The molecule has 0 aliphatic carbocycles. The molecule has 0 spiro atoms. The molecule has 0 aliphatic heterocycles. The van der Waals surface area contributed by atoms with Crippen LogP contribution < -0.4 is 4.57 Å². The fourth-order valence-corrected chi connectivity index (χ4v) is 1.54. The third-order valence-corrected chi connectivity index (χ3v) is 2.36. The van der Waals surface area contributed by atoms with Gasteiger partial charge >= 0.3 is 0 Å². The topological polar surface area (TPSA) is 41.8 Å². The summed E-state index contributed by atoms with van der Waals surface area (Å²) in [5.74, 6) is 0. The molecule has 0 bridgehead atoms. The Morgan fingerprint density at radius 1 is 1.44 bits per heavy atom. The second-order valence-electron chi connectivity index (χ2n) is 3.70. The molecule has 4 nitrogen and oxygen atoms in total. The van der Waals surface area contributed by atoms with Crippen LogP contribution in [0.5, 0.6) is 0 Å². The predicted octanol–water partition coefficient (Wildman–Crippen LogP) is 1.51. The van der Waals surface area contributed by atoms with Gasteiger partial charge in [-0.1, -0.05) is 0 Å². The van der Waals surface area contributed by atoms with Crippen LogP contribution in [-0.4, -0.2) is 17.8 Å². The third-order valence-electron chi connectivity index (χ3n) is 2.36. The lowest BCUT2D eigenvalue weighted by Gasteiger charge is -1.98. The standard InChI is InChI=1S/C12H20N3O/c1-2-16-11-5-8-15-10-9-14(12-15)7-4-3-6-13/h9-10,12H,2-5,7-8,11H2,1H3/q+1. The zero-order chi connectivity index (χ0) is 11.6. The van der Waals surface area contributed by atoms with Crippen molar-refractivity contribution in [3.8, 4) is 6.07 Å². The van der Waals surface area contributed by atoms with Gasteiger partial charge in [-0.15, -0.1) is 0 Å². The first kappa shape index (κ1) is 12.7. The van der Waals surface area contributed by atoms with Gasteiger partial charge in [0.1, 0.15) is 12.4 Å². The van der Waals surface area contributed by atoms with Crippen molar-refractivity contribution in [1.82, 2.24) is 4.57 Å². The Kier molecular flexibility index (Phi) is 6.28. The molecule has 1 aromatic heterocycles. The van der Waals surface area contributed by atoms with Gasteiger partial charge in [0.2, 0.25) is 6.33 Å². The number of imidazole rings is 1. The molecule has 1 heterocycles. The van der Waals surface area contributed by atoms with Crippen LogP contribution in [-0.2, 0) is 17.8 Å². The number of nitriles is 1. The first-order valence-corrected chi connectivity index (χ1v) is 5.86. The van der Waals surface area contributed by atoms with Crippen LogP contribution in [0.15, 0.2) is 18.7 Å². The summed E-state index contributed by atoms with van der Waals surface area (Å²) in [7, 11) is 0. The second kappa shape index (κ2) is 7.89. The molecule has 0 radical (unpaired) electrons. The lowest BCUT2D eigenvalue weighted by Crippen LogP contribution is -2.31. The Balaban J connectivity index is 2.20. The van der Waals surface area contributed by atoms with Crippen LogP contribution >= 0.6 is 0 Å². The summed E-state index contributed by atoms with van der Waals surface area (Å²) >= 11 is 0. The van der Waals surface area contributed by atoms with Crippen molar-refractivity contribution in [3.05, 3.63) is 18.7 Å². The van der Waals surface area contributed by atoms with E-state index in [1.165, 1.54) is 0 Å². The van der Waals surface area contributed by atoms with E-state index in [1.54, 1.807) is 0 Å². The largest absolute Gasteiger partial charge is 0.382 e. The van der Waals surface area contributed by atoms with E-state index in [1.807, 2.05) is 6.92 Å². The van der Waals surface area contributed by atoms with Crippen molar-refractivity contribution < 1.29 is 9.30 Å². The number of rotatable bonds is 8. The van der Waals surface area contributed by atoms with E-state index >= 15 is 0 Å². The molecule has 16 heavy (non-hydrogen) atoms. The van der Waals surface area contributed by atoms with Gasteiger partial charge in [-0.25, -0.2) is 9.13 Å². The molecule has 4 heteroatoms. The quantitative estimate of drug-likeness (QED) is 0.494. The molecule has 88 valence electrons. The van der Waals surface area contributed by atoms with Crippen molar-refractivity contribution in [2.75, 3.05) is 13.2 Å². The molecule has 0 aliphatic rings. The van der Waals surface area contributed by atoms with Crippen LogP contribution in [0, 0.1) is 11.3 Å². The van der Waals surface area contributed by atoms with E-state index in [4.69, 9.17) is 10.00 Å². The number of hydrogen-bond donors (Lipinski definition) is 0. The van der Waals surface area contributed by atoms with Gasteiger partial charge in [-0.2, -0.15) is 5.26 Å². The highest BCUT2D eigenvalue weighted by Crippen LogP contribution is 1.93. The number of aromatic nitrogens is 2. The highest BCUT2D eigenvalue weighted by atomic mass is 16.5. The van der Waals surface area contributed by atoms with E-state index in [0.29, 0.717) is 6.42 Å². The van der Waals surface area contributed by atoms with Gasteiger partial charge in [-0.3, -0.25) is 0 Å². The van der Waals surface area contributed by atoms with Gasteiger partial charge in [0, 0.05) is 19.4 Å². The molecule has 0 unspecified atom stereocenters. The van der Waals surface area contributed by atoms with E-state index in [-0.39, 0.29) is 0 Å². The molecule has 0 aromatic carbocycles. The monoisotopic (exact) mass is 222 g/mol. The summed E-state index contributed by atoms with van der Waals surface area (Å²) in [6.45, 7) is 5.54. The molecule has 0 saturated carbocycles. The average molecular weight is 222 g/mol. The number of ether oxygens (including phenoxy) is 1. The normalized spacial score (nSPS) is 10.2. The molecule has 1 rings (SSSR count). The molecule has 0 N–H and O–H groups in total. The zero-order valence-electron chi connectivity index (χ0n) is 9.93. The molecule has 0 amide bonds. The predicted molar refractivity (Wildman–Crippen MR) is 60.6 cm³/mol. The number of unbranched alkanes of at least 4 members (excludes halogenated alkanes) is 1. The Labute approximate surface area is 97.1 Å². The first-order valence-electron chi connectivity index (χ1n) is 5.86. The van der Waals surface area contributed by atoms with Gasteiger partial charge in [0.25, 0.3) is 0 Å². The van der Waals surface area contributed by atoms with Crippen LogP contribution in [0.25, 0.3) is 0 Å². The van der Waals surface area contributed by atoms with E-state index in [9.17, 15) is 0 Å². The van der Waals surface area contributed by atoms with Crippen molar-refractivity contribution in [3.63, 3.8) is 0 Å². The highest BCUT2D eigenvalue weighted by molar-refractivity contribution is 4.71. The van der Waals surface area contributed by atoms with Crippen molar-refractivity contribution in [2.45, 2.75) is 39.3 Å². The Bertz CT molecular complexity index is 327. The van der Waals surface area contributed by atoms with Crippen LogP contribution in [0.1, 0.15) is 26.2 Å². The average Bonchev–Trinajstić information content (AvgIpc) is 2.73. The molecular weight excluding hydrogens is 202 g/mol. The van der Waals surface area contributed by atoms with Crippen molar-refractivity contribution >= 4 is 0 Å². The van der Waals surface area contributed by atoms with E-state index in [0.717, 1.165) is 39.1 Å². The van der Waals surface area contributed by atoms with Crippen LogP contribution in [0.2, 0.25) is 0 Å². The van der Waals surface area contributed by atoms with Crippen LogP contribution in [0.3, 0.4) is 0 Å². The maximum atomic E-state index is 8.44. The molecular formula is C12H20N3O+. The number of aryl methyl sites for hydroxylation is 2. The zero-order valence-corrected chi connectivity index (χ0v) is 9.93. The van der Waals surface area contributed by atoms with Crippen LogP contribution in [0.4, 0.5) is 0 Å². The van der Waals surface area contributed by atoms with E-state index < -0.39 is 0 Å². The Hall–Kier alpha value is -1.34. The smallest absolute Gasteiger partial charge is 0.243 e. The lowest BCUT2D eigenvalue weighted by atomic mass is 10.3. The maximum Gasteiger partial charge on any atom is 0.243 e. The fourth-order valence-electron chi connectivity index (χ4n) is 1.54. The minimum atomic E-state index is 0.628. The SMILES string of the molecule is CCOCCC[n+]1ccn(CCCC#N)c1. The summed E-state index contributed by atoms with van der Waals surface area (Å²) in [5.41, 5.74) is 0. The summed E-state index contributed by atoms with van der Waals surface area (Å²) in [6, 6.07) is 2.16. The Morgan fingerprint density at radius 3 is 3.06 bits per heavy atom. The van der Waals surface area contributed by atoms with Gasteiger partial charge in [0.05, 0.1) is 25.8 Å². The number of nitrogens with zero attached hydrogens (tertiary/aromatic N) is 3. The molecule has 0 atom stereocenters. The van der Waals surface area contributed by atoms with Crippen molar-refractivity contribution in [1.29, 1.82) is 5.26 Å². The summed E-state index contributed by atoms with van der Waals surface area (Å²) in [4.78, 5) is 0. The lowest BCUT2D eigenvalue weighted by molar-refractivity contribution is -0.697. The molecule has 0 saturated heterocycles. The number of hydrogen-bond acceptors (Lipinski definition) is 2. The van der Waals surface area contributed by atoms with Gasteiger partial charge in [0.15, 0.2) is 0 Å². The molecule has 0 fully saturated rings. The van der Waals surface area contributed by atoms with Crippen molar-refractivity contribution in [2.24, 2.45) is 0 Å². The highest BCUT2D eigenvalue weighted by Gasteiger charge is 2.02. The maximum absolute atomic E-state index is 8.44. The minimum Gasteiger partial charge on any atom is -0.382 e. The summed E-state index contributed by atoms with van der Waals surface area (Å²) in [5, 5.41) is 8.44. The fraction of sp³-hybridized carbons (Fsp3) is 0.667. The first-order chi connectivity index (χ1) is 7.86. The summed E-state index contributed by atoms with van der Waals surface area (Å²) < 4.78 is 9.57. The van der Waals surface area contributed by atoms with Gasteiger partial charge < -0.3 is 4.74 Å². The summed E-state index contributed by atoms with van der Waals surface area (Å²) in [6.07, 6.45) is 8.80. The Morgan fingerprint density at radius 2 is 2.31 bits per heavy atom. The second-order valence-corrected chi connectivity index (χ2v) is 3.70.